The van der Waals surface area contributed by atoms with Crippen molar-refractivity contribution in [1.29, 1.82) is 0 Å². The number of amides is 1. The van der Waals surface area contributed by atoms with Crippen LogP contribution in [0.5, 0.6) is 5.88 Å². The molecule has 39 heavy (non-hydrogen) atoms. The van der Waals surface area contributed by atoms with Crippen LogP contribution in [0.4, 0.5) is 5.69 Å². The van der Waals surface area contributed by atoms with Crippen LogP contribution in [-0.4, -0.2) is 72.4 Å². The predicted molar refractivity (Wildman–Crippen MR) is 148 cm³/mol. The standard InChI is InChI=1S/C29H31N7O3/c1-3-20-28-21(32-29(38)23-16-30-26-11-4-5-14-35(23)26)9-7-10-22(28)36(33-20)17-19-8-6-12-27(31-19)39-18-24-25(37)13-15-34(24)2/h4-12,14,16,24-25,37H,3,13,15,17-18H2,1-2H3,(H,32,38)/t24-,25+/m1/s1. The van der Waals surface area contributed by atoms with Gasteiger partial charge in [-0.3, -0.25) is 18.8 Å². The third-order valence-electron chi connectivity index (χ3n) is 7.37. The number of nitrogens with zero attached hydrogens (tertiary/aromatic N) is 6. The summed E-state index contributed by atoms with van der Waals surface area (Å²) < 4.78 is 9.64. The molecule has 6 rings (SSSR count). The van der Waals surface area contributed by atoms with Crippen LogP contribution in [0.3, 0.4) is 0 Å². The molecule has 0 aliphatic carbocycles. The molecule has 1 aliphatic rings. The molecule has 1 fully saturated rings. The minimum atomic E-state index is -0.386. The van der Waals surface area contributed by atoms with Gasteiger partial charge in [0.25, 0.3) is 5.91 Å². The van der Waals surface area contributed by atoms with Gasteiger partial charge < -0.3 is 15.2 Å². The molecule has 0 radical (unpaired) electrons. The van der Waals surface area contributed by atoms with Crippen LogP contribution in [0, 0.1) is 0 Å². The number of carbonyl (C=O) groups excluding carboxylic acids is 1. The highest BCUT2D eigenvalue weighted by molar-refractivity contribution is 6.08. The highest BCUT2D eigenvalue weighted by atomic mass is 16.5. The fraction of sp³-hybridized carbons (Fsp3) is 0.310. The molecule has 1 aliphatic heterocycles. The highest BCUT2D eigenvalue weighted by Crippen LogP contribution is 2.29. The van der Waals surface area contributed by atoms with Gasteiger partial charge in [-0.25, -0.2) is 9.97 Å². The average Bonchev–Trinajstić information content (AvgIpc) is 3.63. The summed E-state index contributed by atoms with van der Waals surface area (Å²) in [6, 6.07) is 17.1. The average molecular weight is 526 g/mol. The lowest BCUT2D eigenvalue weighted by molar-refractivity contribution is 0.0885. The molecule has 2 N–H and O–H groups in total. The molecule has 1 aromatic carbocycles. The van der Waals surface area contributed by atoms with E-state index in [2.05, 4.69) is 22.1 Å². The van der Waals surface area contributed by atoms with Gasteiger partial charge >= 0.3 is 0 Å². The number of fused-ring (bicyclic) bond motifs is 2. The molecule has 1 amide bonds. The number of aromatic nitrogens is 5. The zero-order valence-corrected chi connectivity index (χ0v) is 22.0. The Kier molecular flexibility index (Phi) is 6.72. The maximum atomic E-state index is 13.2. The number of likely N-dealkylation sites (N-methyl/N-ethyl adjacent to an activating group) is 1. The van der Waals surface area contributed by atoms with Crippen LogP contribution in [-0.2, 0) is 13.0 Å². The number of hydrogen-bond acceptors (Lipinski definition) is 7. The van der Waals surface area contributed by atoms with E-state index < -0.39 is 0 Å². The van der Waals surface area contributed by atoms with Gasteiger partial charge in [-0.1, -0.05) is 25.1 Å². The minimum absolute atomic E-state index is 0.0354. The van der Waals surface area contributed by atoms with Crippen molar-refractivity contribution < 1.29 is 14.6 Å². The van der Waals surface area contributed by atoms with Crippen molar-refractivity contribution >= 4 is 28.1 Å². The SMILES string of the molecule is CCc1nn(Cc2cccc(OC[C@@H]3[C@@H](O)CCN3C)n2)c2cccc(NC(=O)c3cnc4ccccn34)c12. The van der Waals surface area contributed by atoms with Gasteiger partial charge in [-0.05, 0) is 50.2 Å². The van der Waals surface area contributed by atoms with Gasteiger partial charge in [-0.2, -0.15) is 5.10 Å². The number of benzene rings is 1. The van der Waals surface area contributed by atoms with Crippen molar-refractivity contribution in [3.05, 3.63) is 84.1 Å². The van der Waals surface area contributed by atoms with Gasteiger partial charge in [-0.15, -0.1) is 0 Å². The summed E-state index contributed by atoms with van der Waals surface area (Å²) in [5, 5.41) is 19.1. The largest absolute Gasteiger partial charge is 0.476 e. The summed E-state index contributed by atoms with van der Waals surface area (Å²) in [5.41, 5.74) is 4.49. The molecular formula is C29H31N7O3. The second-order valence-electron chi connectivity index (χ2n) is 9.87. The van der Waals surface area contributed by atoms with Gasteiger partial charge in [0, 0.05) is 24.2 Å². The first kappa shape index (κ1) is 25.0. The molecule has 0 spiro atoms. The van der Waals surface area contributed by atoms with E-state index in [-0.39, 0.29) is 18.1 Å². The molecule has 0 unspecified atom stereocenters. The summed E-state index contributed by atoms with van der Waals surface area (Å²) in [4.78, 5) is 24.4. The quantitative estimate of drug-likeness (QED) is 0.320. The summed E-state index contributed by atoms with van der Waals surface area (Å²) in [5.74, 6) is 0.286. The number of anilines is 1. The number of imidazole rings is 1. The van der Waals surface area contributed by atoms with Crippen LogP contribution in [0.25, 0.3) is 16.6 Å². The van der Waals surface area contributed by atoms with Crippen molar-refractivity contribution in [1.82, 2.24) is 29.0 Å². The van der Waals surface area contributed by atoms with Crippen LogP contribution in [0.15, 0.2) is 67.0 Å². The van der Waals surface area contributed by atoms with E-state index in [9.17, 15) is 9.90 Å². The fourth-order valence-electron chi connectivity index (χ4n) is 5.24. The number of nitrogens with one attached hydrogen (secondary N) is 1. The number of pyridine rings is 2. The van der Waals surface area contributed by atoms with Gasteiger partial charge in [0.15, 0.2) is 0 Å². The fourth-order valence-corrected chi connectivity index (χ4v) is 5.24. The monoisotopic (exact) mass is 525 g/mol. The van der Waals surface area contributed by atoms with Crippen molar-refractivity contribution in [2.75, 3.05) is 25.5 Å². The maximum absolute atomic E-state index is 13.2. The molecule has 0 bridgehead atoms. The second-order valence-corrected chi connectivity index (χ2v) is 9.87. The Labute approximate surface area is 225 Å². The highest BCUT2D eigenvalue weighted by Gasteiger charge is 2.30. The molecule has 10 heteroatoms. The molecule has 200 valence electrons. The third-order valence-corrected chi connectivity index (χ3v) is 7.37. The lowest BCUT2D eigenvalue weighted by Gasteiger charge is -2.21. The van der Waals surface area contributed by atoms with Crippen molar-refractivity contribution in [2.24, 2.45) is 0 Å². The molecule has 5 aromatic rings. The lowest BCUT2D eigenvalue weighted by Crippen LogP contribution is -2.37. The topological polar surface area (TPSA) is 110 Å². The Morgan fingerprint density at radius 3 is 2.85 bits per heavy atom. The summed E-state index contributed by atoms with van der Waals surface area (Å²) in [7, 11) is 2.00. The van der Waals surface area contributed by atoms with Gasteiger partial charge in [0.05, 0.1) is 47.5 Å². The molecular weight excluding hydrogens is 494 g/mol. The first-order valence-corrected chi connectivity index (χ1v) is 13.2. The third kappa shape index (κ3) is 4.84. The Morgan fingerprint density at radius 2 is 2.03 bits per heavy atom. The molecule has 2 atom stereocenters. The number of ether oxygens (including phenoxy) is 1. The summed E-state index contributed by atoms with van der Waals surface area (Å²) in [6.45, 7) is 3.74. The molecule has 1 saturated heterocycles. The van der Waals surface area contributed by atoms with Gasteiger partial charge in [0.1, 0.15) is 17.9 Å². The second kappa shape index (κ2) is 10.5. The van der Waals surface area contributed by atoms with Crippen LogP contribution in [0.2, 0.25) is 0 Å². The Morgan fingerprint density at radius 1 is 1.15 bits per heavy atom. The number of carbonyl (C=O) groups is 1. The van der Waals surface area contributed by atoms with Crippen LogP contribution >= 0.6 is 0 Å². The van der Waals surface area contributed by atoms with Crippen molar-refractivity contribution in [2.45, 2.75) is 38.5 Å². The van der Waals surface area contributed by atoms with E-state index in [1.165, 1.54) is 0 Å². The van der Waals surface area contributed by atoms with Gasteiger partial charge in [0.2, 0.25) is 5.88 Å². The number of aliphatic hydroxyl groups excluding tert-OH is 1. The number of aryl methyl sites for hydroxylation is 1. The van der Waals surface area contributed by atoms with E-state index in [1.54, 1.807) is 10.6 Å². The van der Waals surface area contributed by atoms with Crippen LogP contribution < -0.4 is 10.1 Å². The number of likely N-dealkylation sites (tertiary alicyclic amines) is 1. The zero-order chi connectivity index (χ0) is 26.9. The van der Waals surface area contributed by atoms with E-state index in [0.717, 1.165) is 35.3 Å². The van der Waals surface area contributed by atoms with E-state index in [0.29, 0.717) is 42.5 Å². The Hall–Kier alpha value is -4.28. The van der Waals surface area contributed by atoms with E-state index in [1.807, 2.05) is 72.5 Å². The number of aliphatic hydroxyl groups is 1. The van der Waals surface area contributed by atoms with Crippen LogP contribution in [0.1, 0.15) is 35.2 Å². The zero-order valence-electron chi connectivity index (χ0n) is 22.0. The molecule has 5 heterocycles. The van der Waals surface area contributed by atoms with Crippen molar-refractivity contribution in [3.63, 3.8) is 0 Å². The molecule has 0 saturated carbocycles. The molecule has 4 aromatic heterocycles. The first-order valence-electron chi connectivity index (χ1n) is 13.2. The summed E-state index contributed by atoms with van der Waals surface area (Å²) >= 11 is 0. The minimum Gasteiger partial charge on any atom is -0.476 e. The lowest BCUT2D eigenvalue weighted by atomic mass is 10.1. The smallest absolute Gasteiger partial charge is 0.274 e. The maximum Gasteiger partial charge on any atom is 0.274 e. The summed E-state index contributed by atoms with van der Waals surface area (Å²) in [6.07, 6.45) is 4.49. The normalized spacial score (nSPS) is 17.7. The number of hydrogen-bond donors (Lipinski definition) is 2. The molecule has 10 nitrogen and oxygen atoms in total. The van der Waals surface area contributed by atoms with E-state index >= 15 is 0 Å². The Bertz CT molecular complexity index is 1630. The predicted octanol–water partition coefficient (Wildman–Crippen LogP) is 3.39. The Balaban J connectivity index is 1.24. The van der Waals surface area contributed by atoms with E-state index in [4.69, 9.17) is 14.8 Å². The first-order chi connectivity index (χ1) is 19.0. The van der Waals surface area contributed by atoms with Crippen molar-refractivity contribution in [3.8, 4) is 5.88 Å². The number of rotatable bonds is 8.